The maximum absolute atomic E-state index is 9.39. The summed E-state index contributed by atoms with van der Waals surface area (Å²) in [5.41, 5.74) is 4.57. The molecule has 3 aromatic rings. The predicted molar refractivity (Wildman–Crippen MR) is 118 cm³/mol. The molecule has 0 radical (unpaired) electrons. The second-order valence-electron chi connectivity index (χ2n) is 7.28. The van der Waals surface area contributed by atoms with Gasteiger partial charge in [0.15, 0.2) is 18.1 Å². The van der Waals surface area contributed by atoms with Crippen LogP contribution in [0.1, 0.15) is 33.8 Å². The molecule has 0 aliphatic carbocycles. The molecule has 31 heavy (non-hydrogen) atoms. The number of nitrogens with zero attached hydrogens (tertiary/aromatic N) is 2. The van der Waals surface area contributed by atoms with Crippen molar-refractivity contribution in [3.63, 3.8) is 0 Å². The number of hydrogen-bond donors (Lipinski definition) is 1. The van der Waals surface area contributed by atoms with Crippen molar-refractivity contribution in [2.75, 3.05) is 26.1 Å². The van der Waals surface area contributed by atoms with Gasteiger partial charge in [-0.1, -0.05) is 23.8 Å². The van der Waals surface area contributed by atoms with Gasteiger partial charge in [0, 0.05) is 6.54 Å². The maximum atomic E-state index is 9.39. The molecule has 1 aromatic heterocycles. The van der Waals surface area contributed by atoms with Gasteiger partial charge in [-0.25, -0.2) is 0 Å². The highest BCUT2D eigenvalue weighted by Gasteiger charge is 2.15. The van der Waals surface area contributed by atoms with E-state index in [1.54, 1.807) is 14.2 Å². The molecule has 0 unspecified atom stereocenters. The van der Waals surface area contributed by atoms with Gasteiger partial charge in [-0.15, -0.1) is 0 Å². The van der Waals surface area contributed by atoms with Crippen molar-refractivity contribution in [1.82, 2.24) is 4.98 Å². The molecular formula is C24H27N3O4. The van der Waals surface area contributed by atoms with Crippen LogP contribution in [0.5, 0.6) is 17.2 Å². The predicted octanol–water partition coefficient (Wildman–Crippen LogP) is 4.72. The SMILES string of the molecule is COc1ccc(CCNc2oc(COc3c(C)cc(C)cc3C)nc2C#N)cc1OC. The zero-order chi connectivity index (χ0) is 22.4. The third-order valence-corrected chi connectivity index (χ3v) is 4.87. The number of benzene rings is 2. The quantitative estimate of drug-likeness (QED) is 0.534. The summed E-state index contributed by atoms with van der Waals surface area (Å²) >= 11 is 0. The zero-order valence-electron chi connectivity index (χ0n) is 18.5. The van der Waals surface area contributed by atoms with Crippen LogP contribution in [0.3, 0.4) is 0 Å². The molecule has 1 N–H and O–H groups in total. The van der Waals surface area contributed by atoms with Crippen LogP contribution >= 0.6 is 0 Å². The Morgan fingerprint density at radius 2 is 1.74 bits per heavy atom. The Morgan fingerprint density at radius 3 is 2.39 bits per heavy atom. The number of nitriles is 1. The minimum atomic E-state index is 0.150. The molecule has 3 rings (SSSR count). The molecule has 2 aromatic carbocycles. The topological polar surface area (TPSA) is 89.5 Å². The Labute approximate surface area is 182 Å². The van der Waals surface area contributed by atoms with E-state index in [9.17, 15) is 5.26 Å². The lowest BCUT2D eigenvalue weighted by Crippen LogP contribution is -2.05. The monoisotopic (exact) mass is 421 g/mol. The van der Waals surface area contributed by atoms with Crippen molar-refractivity contribution in [2.45, 2.75) is 33.8 Å². The average molecular weight is 421 g/mol. The first-order valence-corrected chi connectivity index (χ1v) is 10.0. The van der Waals surface area contributed by atoms with Gasteiger partial charge in [0.25, 0.3) is 0 Å². The van der Waals surface area contributed by atoms with Gasteiger partial charge >= 0.3 is 0 Å². The van der Waals surface area contributed by atoms with E-state index in [0.717, 1.165) is 22.4 Å². The normalized spacial score (nSPS) is 10.5. The fourth-order valence-corrected chi connectivity index (χ4v) is 3.51. The number of rotatable bonds is 9. The van der Waals surface area contributed by atoms with Gasteiger partial charge in [-0.05, 0) is 56.0 Å². The van der Waals surface area contributed by atoms with Crippen molar-refractivity contribution in [3.8, 4) is 23.3 Å². The van der Waals surface area contributed by atoms with Crippen LogP contribution < -0.4 is 19.5 Å². The van der Waals surface area contributed by atoms with Crippen molar-refractivity contribution < 1.29 is 18.6 Å². The van der Waals surface area contributed by atoms with E-state index in [1.807, 2.05) is 32.0 Å². The van der Waals surface area contributed by atoms with Crippen LogP contribution in [0.15, 0.2) is 34.7 Å². The van der Waals surface area contributed by atoms with Gasteiger partial charge in [-0.3, -0.25) is 0 Å². The standard InChI is InChI=1S/C24H27N3O4/c1-15-10-16(2)23(17(3)11-15)30-14-22-27-19(13-25)24(31-22)26-9-8-18-6-7-20(28-4)21(12-18)29-5/h6-7,10-12,26H,8-9,14H2,1-5H3. The van der Waals surface area contributed by atoms with Crippen LogP contribution in [-0.4, -0.2) is 25.7 Å². The summed E-state index contributed by atoms with van der Waals surface area (Å²) in [6.45, 7) is 6.78. The highest BCUT2D eigenvalue weighted by atomic mass is 16.5. The summed E-state index contributed by atoms with van der Waals surface area (Å²) in [6, 6.07) is 12.0. The average Bonchev–Trinajstić information content (AvgIpc) is 3.14. The van der Waals surface area contributed by atoms with Crippen molar-refractivity contribution >= 4 is 5.88 Å². The summed E-state index contributed by atoms with van der Waals surface area (Å²) in [5, 5.41) is 12.5. The molecule has 0 amide bonds. The second kappa shape index (κ2) is 9.90. The molecule has 0 aliphatic heterocycles. The summed E-state index contributed by atoms with van der Waals surface area (Å²) in [5.74, 6) is 2.87. The smallest absolute Gasteiger partial charge is 0.236 e. The fourth-order valence-electron chi connectivity index (χ4n) is 3.51. The Morgan fingerprint density at radius 1 is 1.03 bits per heavy atom. The molecule has 0 saturated carbocycles. The Hall–Kier alpha value is -3.66. The fraction of sp³-hybridized carbons (Fsp3) is 0.333. The Balaban J connectivity index is 1.63. The molecule has 0 fully saturated rings. The summed E-state index contributed by atoms with van der Waals surface area (Å²) in [6.07, 6.45) is 0.708. The molecule has 162 valence electrons. The van der Waals surface area contributed by atoms with Gasteiger partial charge < -0.3 is 23.9 Å². The number of hydrogen-bond acceptors (Lipinski definition) is 7. The number of ether oxygens (including phenoxy) is 3. The van der Waals surface area contributed by atoms with Gasteiger partial charge in [-0.2, -0.15) is 10.2 Å². The van der Waals surface area contributed by atoms with E-state index in [4.69, 9.17) is 18.6 Å². The first kappa shape index (κ1) is 22.0. The van der Waals surface area contributed by atoms with E-state index in [-0.39, 0.29) is 12.3 Å². The highest BCUT2D eigenvalue weighted by molar-refractivity contribution is 5.47. The first-order valence-electron chi connectivity index (χ1n) is 10.0. The van der Waals surface area contributed by atoms with Crippen molar-refractivity contribution in [1.29, 1.82) is 5.26 Å². The van der Waals surface area contributed by atoms with Crippen LogP contribution in [0.25, 0.3) is 0 Å². The lowest BCUT2D eigenvalue weighted by atomic mass is 10.1. The van der Waals surface area contributed by atoms with Crippen LogP contribution in [0.4, 0.5) is 5.88 Å². The van der Waals surface area contributed by atoms with Gasteiger partial charge in [0.2, 0.25) is 17.5 Å². The van der Waals surface area contributed by atoms with Crippen LogP contribution in [0, 0.1) is 32.1 Å². The van der Waals surface area contributed by atoms with E-state index in [0.29, 0.717) is 36.2 Å². The molecule has 1 heterocycles. The van der Waals surface area contributed by atoms with Gasteiger partial charge in [0.1, 0.15) is 11.8 Å². The molecule has 7 heteroatoms. The minimum Gasteiger partial charge on any atom is -0.493 e. The molecule has 0 saturated heterocycles. The number of methoxy groups -OCH3 is 2. The summed E-state index contributed by atoms with van der Waals surface area (Å²) in [7, 11) is 3.21. The molecule has 0 spiro atoms. The molecular weight excluding hydrogens is 394 g/mol. The van der Waals surface area contributed by atoms with Crippen molar-refractivity contribution in [2.24, 2.45) is 0 Å². The Bertz CT molecular complexity index is 1080. The highest BCUT2D eigenvalue weighted by Crippen LogP contribution is 2.28. The molecule has 0 aliphatic rings. The number of aromatic nitrogens is 1. The Kier molecular flexibility index (Phi) is 7.03. The molecule has 0 bridgehead atoms. The number of oxazole rings is 1. The lowest BCUT2D eigenvalue weighted by Gasteiger charge is -2.11. The van der Waals surface area contributed by atoms with E-state index >= 15 is 0 Å². The summed E-state index contributed by atoms with van der Waals surface area (Å²) in [4.78, 5) is 4.24. The van der Waals surface area contributed by atoms with Gasteiger partial charge in [0.05, 0.1) is 14.2 Å². The van der Waals surface area contributed by atoms with E-state index in [2.05, 4.69) is 35.4 Å². The minimum absolute atomic E-state index is 0.150. The van der Waals surface area contributed by atoms with E-state index in [1.165, 1.54) is 5.56 Å². The van der Waals surface area contributed by atoms with Crippen molar-refractivity contribution in [3.05, 3.63) is 64.2 Å². The number of anilines is 1. The second-order valence-corrected chi connectivity index (χ2v) is 7.28. The molecule has 7 nitrogen and oxygen atoms in total. The molecule has 0 atom stereocenters. The number of nitrogens with one attached hydrogen (secondary N) is 1. The third-order valence-electron chi connectivity index (χ3n) is 4.87. The van der Waals surface area contributed by atoms with Crippen LogP contribution in [-0.2, 0) is 13.0 Å². The van der Waals surface area contributed by atoms with Crippen LogP contribution in [0.2, 0.25) is 0 Å². The first-order chi connectivity index (χ1) is 14.9. The maximum Gasteiger partial charge on any atom is 0.236 e. The number of aryl methyl sites for hydroxylation is 3. The summed E-state index contributed by atoms with van der Waals surface area (Å²) < 4.78 is 22.3. The third kappa shape index (κ3) is 5.28. The largest absolute Gasteiger partial charge is 0.493 e. The zero-order valence-corrected chi connectivity index (χ0v) is 18.5. The van der Waals surface area contributed by atoms with E-state index < -0.39 is 0 Å². The lowest BCUT2D eigenvalue weighted by molar-refractivity contribution is 0.261.